The number of carbonyl (C=O) groups is 1. The summed E-state index contributed by atoms with van der Waals surface area (Å²) >= 11 is 0. The van der Waals surface area contributed by atoms with Gasteiger partial charge in [-0.05, 0) is 56.3 Å². The number of H-pyrrole nitrogens is 2. The highest BCUT2D eigenvalue weighted by molar-refractivity contribution is 5.91. The summed E-state index contributed by atoms with van der Waals surface area (Å²) in [5, 5.41) is 0.993. The molecule has 6 heteroatoms. The molecule has 28 heavy (non-hydrogen) atoms. The van der Waals surface area contributed by atoms with Crippen LogP contribution in [0.3, 0.4) is 0 Å². The van der Waals surface area contributed by atoms with Crippen molar-refractivity contribution >= 4 is 27.9 Å². The van der Waals surface area contributed by atoms with Gasteiger partial charge in [-0.15, -0.1) is 0 Å². The van der Waals surface area contributed by atoms with Gasteiger partial charge in [-0.3, -0.25) is 4.79 Å². The maximum Gasteiger partial charge on any atom is 0.311 e. The van der Waals surface area contributed by atoms with Crippen LogP contribution in [0.2, 0.25) is 0 Å². The third-order valence-corrected chi connectivity index (χ3v) is 4.93. The number of ether oxygens (including phenoxy) is 1. The Morgan fingerprint density at radius 3 is 2.71 bits per heavy atom. The van der Waals surface area contributed by atoms with E-state index in [2.05, 4.69) is 33.9 Å². The molecule has 0 aliphatic rings. The Bertz CT molecular complexity index is 1110. The van der Waals surface area contributed by atoms with E-state index in [0.717, 1.165) is 46.0 Å². The number of hydrogen-bond donors (Lipinski definition) is 2. The zero-order chi connectivity index (χ0) is 19.5. The molecule has 0 saturated heterocycles. The third-order valence-electron chi connectivity index (χ3n) is 4.93. The summed E-state index contributed by atoms with van der Waals surface area (Å²) in [7, 11) is 4.10. The predicted molar refractivity (Wildman–Crippen MR) is 111 cm³/mol. The fraction of sp³-hybridized carbons (Fsp3) is 0.273. The molecule has 2 aromatic heterocycles. The molecule has 0 atom stereocenters. The van der Waals surface area contributed by atoms with Gasteiger partial charge in [0.2, 0.25) is 0 Å². The van der Waals surface area contributed by atoms with Crippen LogP contribution < -0.4 is 4.74 Å². The Morgan fingerprint density at radius 1 is 1.04 bits per heavy atom. The first-order valence-corrected chi connectivity index (χ1v) is 9.47. The van der Waals surface area contributed by atoms with Crippen molar-refractivity contribution in [1.29, 1.82) is 0 Å². The number of nitrogens with one attached hydrogen (secondary N) is 2. The van der Waals surface area contributed by atoms with E-state index in [-0.39, 0.29) is 5.97 Å². The molecule has 0 unspecified atom stereocenters. The number of likely N-dealkylation sites (N-methyl/N-ethyl adjacent to an activating group) is 1. The molecular weight excluding hydrogens is 352 g/mol. The number of carbonyl (C=O) groups excluding carboxylic acids is 1. The van der Waals surface area contributed by atoms with Crippen molar-refractivity contribution in [2.24, 2.45) is 0 Å². The van der Waals surface area contributed by atoms with Gasteiger partial charge in [0.15, 0.2) is 0 Å². The van der Waals surface area contributed by atoms with Crippen LogP contribution in [0.15, 0.2) is 48.9 Å². The third kappa shape index (κ3) is 3.77. The molecule has 4 rings (SSSR count). The number of aromatic amines is 2. The highest BCUT2D eigenvalue weighted by Crippen LogP contribution is 2.29. The van der Waals surface area contributed by atoms with Crippen molar-refractivity contribution in [2.45, 2.75) is 19.3 Å². The second-order valence-corrected chi connectivity index (χ2v) is 7.24. The minimum atomic E-state index is -0.236. The molecule has 4 aromatic rings. The number of para-hydroxylation sites is 1. The molecule has 144 valence electrons. The Hall–Kier alpha value is -3.12. The number of aromatic nitrogens is 3. The lowest BCUT2D eigenvalue weighted by Crippen LogP contribution is -2.15. The number of imidazole rings is 1. The first-order valence-electron chi connectivity index (χ1n) is 9.47. The summed E-state index contributed by atoms with van der Waals surface area (Å²) in [6.07, 6.45) is 5.47. The zero-order valence-electron chi connectivity index (χ0n) is 16.2. The summed E-state index contributed by atoms with van der Waals surface area (Å²) in [5.41, 5.74) is 5.08. The molecule has 0 aliphatic carbocycles. The second-order valence-electron chi connectivity index (χ2n) is 7.24. The summed E-state index contributed by atoms with van der Waals surface area (Å²) in [6, 6.07) is 11.7. The standard InChI is InChI=1S/C22H24N4O2/c1-26(2)12-11-16-13-23-17-6-4-8-19(21(16)17)28-20(27)10-9-15-5-3-7-18-22(15)25-14-24-18/h3-8,13-14,23H,9-12H2,1-2H3,(H,24,25). The summed E-state index contributed by atoms with van der Waals surface area (Å²) < 4.78 is 5.75. The van der Waals surface area contributed by atoms with Crippen LogP contribution >= 0.6 is 0 Å². The van der Waals surface area contributed by atoms with E-state index < -0.39 is 0 Å². The first kappa shape index (κ1) is 18.3. The number of aryl methyl sites for hydroxylation is 1. The van der Waals surface area contributed by atoms with Gasteiger partial charge in [-0.2, -0.15) is 0 Å². The Balaban J connectivity index is 1.49. The van der Waals surface area contributed by atoms with Gasteiger partial charge in [-0.1, -0.05) is 18.2 Å². The van der Waals surface area contributed by atoms with E-state index >= 15 is 0 Å². The van der Waals surface area contributed by atoms with E-state index in [4.69, 9.17) is 4.74 Å². The molecule has 0 saturated carbocycles. The van der Waals surface area contributed by atoms with E-state index in [1.54, 1.807) is 6.33 Å². The summed E-state index contributed by atoms with van der Waals surface area (Å²) in [6.45, 7) is 0.933. The van der Waals surface area contributed by atoms with Gasteiger partial charge in [0.25, 0.3) is 0 Å². The van der Waals surface area contributed by atoms with Crippen molar-refractivity contribution in [3.8, 4) is 5.75 Å². The summed E-state index contributed by atoms with van der Waals surface area (Å²) in [4.78, 5) is 25.4. The van der Waals surface area contributed by atoms with E-state index in [1.807, 2.05) is 42.6 Å². The second kappa shape index (κ2) is 7.86. The predicted octanol–water partition coefficient (Wildman–Crippen LogP) is 3.69. The Labute approximate surface area is 163 Å². The molecule has 0 radical (unpaired) electrons. The lowest BCUT2D eigenvalue weighted by Gasteiger charge is -2.10. The molecule has 2 aromatic carbocycles. The SMILES string of the molecule is CN(C)CCc1c[nH]c2cccc(OC(=O)CCc3cccc4[nH]cnc34)c12. The minimum absolute atomic E-state index is 0.236. The van der Waals surface area contributed by atoms with Crippen molar-refractivity contribution in [3.63, 3.8) is 0 Å². The number of benzene rings is 2. The van der Waals surface area contributed by atoms with Gasteiger partial charge in [0.1, 0.15) is 5.75 Å². The van der Waals surface area contributed by atoms with Crippen molar-refractivity contribution in [1.82, 2.24) is 19.9 Å². The summed E-state index contributed by atoms with van der Waals surface area (Å²) in [5.74, 6) is 0.385. The van der Waals surface area contributed by atoms with Crippen molar-refractivity contribution in [3.05, 3.63) is 60.0 Å². The maximum atomic E-state index is 12.5. The van der Waals surface area contributed by atoms with Gasteiger partial charge in [0, 0.05) is 23.6 Å². The molecular formula is C22H24N4O2. The number of rotatable bonds is 7. The van der Waals surface area contributed by atoms with E-state index in [1.165, 1.54) is 0 Å². The Kier molecular flexibility index (Phi) is 5.12. The fourth-order valence-corrected chi connectivity index (χ4v) is 3.48. The van der Waals surface area contributed by atoms with Gasteiger partial charge in [-0.25, -0.2) is 4.98 Å². The minimum Gasteiger partial charge on any atom is -0.426 e. The van der Waals surface area contributed by atoms with Crippen molar-refractivity contribution in [2.75, 3.05) is 20.6 Å². The number of hydrogen-bond acceptors (Lipinski definition) is 4. The van der Waals surface area contributed by atoms with Crippen LogP contribution in [0.25, 0.3) is 21.9 Å². The van der Waals surface area contributed by atoms with Crippen LogP contribution in [-0.2, 0) is 17.6 Å². The zero-order valence-corrected chi connectivity index (χ0v) is 16.2. The topological polar surface area (TPSA) is 74.0 Å². The maximum absolute atomic E-state index is 12.5. The molecule has 2 N–H and O–H groups in total. The highest BCUT2D eigenvalue weighted by Gasteiger charge is 2.14. The van der Waals surface area contributed by atoms with Gasteiger partial charge < -0.3 is 19.6 Å². The largest absolute Gasteiger partial charge is 0.426 e. The quantitative estimate of drug-likeness (QED) is 0.381. The Morgan fingerprint density at radius 2 is 1.86 bits per heavy atom. The lowest BCUT2D eigenvalue weighted by atomic mass is 10.1. The van der Waals surface area contributed by atoms with E-state index in [0.29, 0.717) is 18.6 Å². The molecule has 0 aliphatic heterocycles. The normalized spacial score (nSPS) is 11.5. The fourth-order valence-electron chi connectivity index (χ4n) is 3.48. The number of esters is 1. The van der Waals surface area contributed by atoms with Crippen LogP contribution in [0.1, 0.15) is 17.5 Å². The monoisotopic (exact) mass is 376 g/mol. The van der Waals surface area contributed by atoms with E-state index in [9.17, 15) is 4.79 Å². The number of fused-ring (bicyclic) bond motifs is 2. The van der Waals surface area contributed by atoms with Crippen LogP contribution in [0, 0.1) is 0 Å². The van der Waals surface area contributed by atoms with Crippen LogP contribution in [0.4, 0.5) is 0 Å². The number of nitrogens with zero attached hydrogens (tertiary/aromatic N) is 2. The molecule has 6 nitrogen and oxygen atoms in total. The van der Waals surface area contributed by atoms with Crippen LogP contribution in [0.5, 0.6) is 5.75 Å². The molecule has 0 fully saturated rings. The van der Waals surface area contributed by atoms with Gasteiger partial charge in [0.05, 0.1) is 23.8 Å². The van der Waals surface area contributed by atoms with Crippen molar-refractivity contribution < 1.29 is 9.53 Å². The molecule has 2 heterocycles. The lowest BCUT2D eigenvalue weighted by molar-refractivity contribution is -0.134. The molecule has 0 spiro atoms. The van der Waals surface area contributed by atoms with Gasteiger partial charge >= 0.3 is 5.97 Å². The average Bonchev–Trinajstić information content (AvgIpc) is 3.32. The highest BCUT2D eigenvalue weighted by atomic mass is 16.5. The van der Waals surface area contributed by atoms with Crippen LogP contribution in [-0.4, -0.2) is 46.5 Å². The molecule has 0 amide bonds. The smallest absolute Gasteiger partial charge is 0.311 e. The average molecular weight is 376 g/mol. The first-order chi connectivity index (χ1) is 13.6. The molecule has 0 bridgehead atoms.